The Kier molecular flexibility index (Phi) is 4.46. The minimum atomic E-state index is 0.202. The van der Waals surface area contributed by atoms with E-state index in [9.17, 15) is 4.79 Å². The molecule has 104 valence electrons. The van der Waals surface area contributed by atoms with Crippen LogP contribution in [0.4, 0.5) is 5.69 Å². The summed E-state index contributed by atoms with van der Waals surface area (Å²) in [4.78, 5) is 13.6. The Balaban J connectivity index is 1.99. The van der Waals surface area contributed by atoms with Gasteiger partial charge in [-0.1, -0.05) is 0 Å². The predicted octanol–water partition coefficient (Wildman–Crippen LogP) is 3.42. The third kappa shape index (κ3) is 3.72. The minimum Gasteiger partial charge on any atom is -0.491 e. The molecule has 0 N–H and O–H groups in total. The number of rotatable bonds is 4. The number of hydrogen-bond acceptors (Lipinski definition) is 3. The van der Waals surface area contributed by atoms with Crippen molar-refractivity contribution in [1.29, 1.82) is 0 Å². The molecule has 1 fully saturated rings. The number of ketones is 1. The van der Waals surface area contributed by atoms with Gasteiger partial charge < -0.3 is 9.64 Å². The monoisotopic (exact) mass is 261 g/mol. The zero-order valence-electron chi connectivity index (χ0n) is 12.1. The molecule has 0 bridgehead atoms. The zero-order chi connectivity index (χ0) is 13.8. The largest absolute Gasteiger partial charge is 0.491 e. The smallest absolute Gasteiger partial charge is 0.133 e. The van der Waals surface area contributed by atoms with E-state index in [4.69, 9.17) is 4.74 Å². The highest BCUT2D eigenvalue weighted by Crippen LogP contribution is 2.26. The molecule has 19 heavy (non-hydrogen) atoms. The van der Waals surface area contributed by atoms with E-state index in [0.717, 1.165) is 31.4 Å². The van der Waals surface area contributed by atoms with Gasteiger partial charge in [0.25, 0.3) is 0 Å². The van der Waals surface area contributed by atoms with Gasteiger partial charge in [0.1, 0.15) is 11.5 Å². The van der Waals surface area contributed by atoms with Gasteiger partial charge in [-0.3, -0.25) is 4.79 Å². The lowest BCUT2D eigenvalue weighted by atomic mass is 9.93. The van der Waals surface area contributed by atoms with Crippen molar-refractivity contribution in [2.75, 3.05) is 11.9 Å². The zero-order valence-corrected chi connectivity index (χ0v) is 12.1. The topological polar surface area (TPSA) is 29.5 Å². The van der Waals surface area contributed by atoms with Crippen LogP contribution in [0.1, 0.15) is 39.5 Å². The summed E-state index contributed by atoms with van der Waals surface area (Å²) in [5.41, 5.74) is 1.19. The van der Waals surface area contributed by atoms with E-state index >= 15 is 0 Å². The van der Waals surface area contributed by atoms with E-state index in [0.29, 0.717) is 11.8 Å². The third-order valence-corrected chi connectivity index (χ3v) is 3.68. The fraction of sp³-hybridized carbons (Fsp3) is 0.562. The molecule has 1 aliphatic carbocycles. The highest BCUT2D eigenvalue weighted by atomic mass is 16.5. The van der Waals surface area contributed by atoms with Gasteiger partial charge in [-0.25, -0.2) is 0 Å². The molecule has 0 aromatic heterocycles. The summed E-state index contributed by atoms with van der Waals surface area (Å²) in [7, 11) is 2.11. The van der Waals surface area contributed by atoms with Gasteiger partial charge >= 0.3 is 0 Å². The first-order valence-corrected chi connectivity index (χ1v) is 7.07. The summed E-state index contributed by atoms with van der Waals surface area (Å²) in [6, 6.07) is 8.69. The second kappa shape index (κ2) is 6.09. The lowest BCUT2D eigenvalue weighted by Gasteiger charge is -2.32. The quantitative estimate of drug-likeness (QED) is 0.831. The van der Waals surface area contributed by atoms with Gasteiger partial charge in [0.05, 0.1) is 6.10 Å². The SMILES string of the molecule is CC(C)Oc1ccc(N(C)C2CCC(=O)CC2)cc1. The van der Waals surface area contributed by atoms with Crippen LogP contribution in [0.25, 0.3) is 0 Å². The Labute approximate surface area is 115 Å². The molecule has 0 aliphatic heterocycles. The molecule has 0 spiro atoms. The van der Waals surface area contributed by atoms with Gasteiger partial charge in [0.15, 0.2) is 0 Å². The van der Waals surface area contributed by atoms with Crippen molar-refractivity contribution >= 4 is 11.5 Å². The lowest BCUT2D eigenvalue weighted by molar-refractivity contribution is -0.120. The molecule has 0 unspecified atom stereocenters. The van der Waals surface area contributed by atoms with Crippen molar-refractivity contribution in [3.8, 4) is 5.75 Å². The molecule has 0 heterocycles. The number of anilines is 1. The van der Waals surface area contributed by atoms with Gasteiger partial charge in [0.2, 0.25) is 0 Å². The number of hydrogen-bond donors (Lipinski definition) is 0. The van der Waals surface area contributed by atoms with Crippen molar-refractivity contribution in [3.63, 3.8) is 0 Å². The van der Waals surface area contributed by atoms with Gasteiger partial charge in [-0.2, -0.15) is 0 Å². The first kappa shape index (κ1) is 13.9. The van der Waals surface area contributed by atoms with Crippen LogP contribution in [0.3, 0.4) is 0 Å². The van der Waals surface area contributed by atoms with Crippen molar-refractivity contribution in [2.45, 2.75) is 51.7 Å². The summed E-state index contributed by atoms with van der Waals surface area (Å²) in [5, 5.41) is 0. The van der Waals surface area contributed by atoms with Crippen LogP contribution >= 0.6 is 0 Å². The van der Waals surface area contributed by atoms with E-state index in [-0.39, 0.29) is 6.10 Å². The van der Waals surface area contributed by atoms with E-state index < -0.39 is 0 Å². The fourth-order valence-electron chi connectivity index (χ4n) is 2.55. The Morgan fingerprint density at radius 1 is 1.16 bits per heavy atom. The highest BCUT2D eigenvalue weighted by Gasteiger charge is 2.22. The van der Waals surface area contributed by atoms with Crippen LogP contribution in [0.2, 0.25) is 0 Å². The first-order chi connectivity index (χ1) is 9.06. The lowest BCUT2D eigenvalue weighted by Crippen LogP contribution is -2.35. The van der Waals surface area contributed by atoms with Crippen LogP contribution in [-0.2, 0) is 4.79 Å². The second-order valence-electron chi connectivity index (χ2n) is 5.54. The van der Waals surface area contributed by atoms with Crippen molar-refractivity contribution < 1.29 is 9.53 Å². The maximum absolute atomic E-state index is 11.3. The molecule has 3 heteroatoms. The normalized spacial score (nSPS) is 16.7. The van der Waals surface area contributed by atoms with E-state index in [1.54, 1.807) is 0 Å². The van der Waals surface area contributed by atoms with Gasteiger partial charge in [-0.05, 0) is 51.0 Å². The first-order valence-electron chi connectivity index (χ1n) is 7.07. The molecule has 1 aromatic rings. The van der Waals surface area contributed by atoms with Crippen LogP contribution in [-0.4, -0.2) is 25.0 Å². The number of nitrogens with zero attached hydrogens (tertiary/aromatic N) is 1. The Morgan fingerprint density at radius 3 is 2.26 bits per heavy atom. The van der Waals surface area contributed by atoms with Crippen molar-refractivity contribution in [3.05, 3.63) is 24.3 Å². The molecular formula is C16H23NO2. The number of Topliss-reactive ketones (excluding diaryl/α,β-unsaturated/α-hetero) is 1. The van der Waals surface area contributed by atoms with Gasteiger partial charge in [0, 0.05) is 31.6 Å². The molecule has 0 radical (unpaired) electrons. The van der Waals surface area contributed by atoms with Crippen LogP contribution in [0, 0.1) is 0 Å². The van der Waals surface area contributed by atoms with Crippen LogP contribution < -0.4 is 9.64 Å². The summed E-state index contributed by atoms with van der Waals surface area (Å²) in [6.07, 6.45) is 3.60. The number of carbonyl (C=O) groups excluding carboxylic acids is 1. The predicted molar refractivity (Wildman–Crippen MR) is 77.9 cm³/mol. The Morgan fingerprint density at radius 2 is 1.74 bits per heavy atom. The standard InChI is InChI=1S/C16H23NO2/c1-12(2)19-16-10-6-14(7-11-16)17(3)13-4-8-15(18)9-5-13/h6-7,10-13H,4-5,8-9H2,1-3H3. The molecule has 3 nitrogen and oxygen atoms in total. The summed E-state index contributed by atoms with van der Waals surface area (Å²) in [5.74, 6) is 1.32. The van der Waals surface area contributed by atoms with Gasteiger partial charge in [-0.15, -0.1) is 0 Å². The average molecular weight is 261 g/mol. The summed E-state index contributed by atoms with van der Waals surface area (Å²) >= 11 is 0. The van der Waals surface area contributed by atoms with E-state index in [2.05, 4.69) is 24.1 Å². The number of benzene rings is 1. The molecule has 1 saturated carbocycles. The molecule has 0 saturated heterocycles. The fourth-order valence-corrected chi connectivity index (χ4v) is 2.55. The molecule has 1 aromatic carbocycles. The average Bonchev–Trinajstić information content (AvgIpc) is 2.39. The number of carbonyl (C=O) groups is 1. The maximum atomic E-state index is 11.3. The molecule has 2 rings (SSSR count). The van der Waals surface area contributed by atoms with Crippen molar-refractivity contribution in [2.24, 2.45) is 0 Å². The Bertz CT molecular complexity index is 415. The molecule has 0 atom stereocenters. The molecule has 1 aliphatic rings. The summed E-state index contributed by atoms with van der Waals surface area (Å²) < 4.78 is 5.65. The van der Waals surface area contributed by atoms with Crippen LogP contribution in [0.5, 0.6) is 5.75 Å². The van der Waals surface area contributed by atoms with Crippen molar-refractivity contribution in [1.82, 2.24) is 0 Å². The maximum Gasteiger partial charge on any atom is 0.133 e. The van der Waals surface area contributed by atoms with E-state index in [1.165, 1.54) is 5.69 Å². The third-order valence-electron chi connectivity index (χ3n) is 3.68. The number of ether oxygens (including phenoxy) is 1. The Hall–Kier alpha value is -1.51. The molecular weight excluding hydrogens is 238 g/mol. The summed E-state index contributed by atoms with van der Waals surface area (Å²) in [6.45, 7) is 4.05. The second-order valence-corrected chi connectivity index (χ2v) is 5.54. The minimum absolute atomic E-state index is 0.202. The molecule has 0 amide bonds. The van der Waals surface area contributed by atoms with Crippen LogP contribution in [0.15, 0.2) is 24.3 Å². The van der Waals surface area contributed by atoms with E-state index in [1.807, 2.05) is 26.0 Å². The highest BCUT2D eigenvalue weighted by molar-refractivity contribution is 5.79.